The molecule has 1 heterocycles. The third-order valence-corrected chi connectivity index (χ3v) is 4.82. The van der Waals surface area contributed by atoms with Crippen molar-refractivity contribution in [2.75, 3.05) is 46.4 Å². The van der Waals surface area contributed by atoms with E-state index in [1.165, 1.54) is 19.2 Å². The lowest BCUT2D eigenvalue weighted by atomic mass is 10.3. The number of hydrogen-bond acceptors (Lipinski definition) is 5. The van der Waals surface area contributed by atoms with Crippen LogP contribution in [0.15, 0.2) is 23.1 Å². The highest BCUT2D eigenvalue weighted by Crippen LogP contribution is 2.21. The van der Waals surface area contributed by atoms with Crippen LogP contribution in [0.5, 0.6) is 5.75 Å². The Morgan fingerprint density at radius 3 is 2.76 bits per heavy atom. The lowest BCUT2D eigenvalue weighted by molar-refractivity contribution is 0.245. The predicted molar refractivity (Wildman–Crippen MR) is 77.5 cm³/mol. The second-order valence-corrected chi connectivity index (χ2v) is 6.55. The fourth-order valence-electron chi connectivity index (χ4n) is 2.16. The van der Waals surface area contributed by atoms with Crippen molar-refractivity contribution in [1.82, 2.24) is 14.9 Å². The molecule has 0 saturated carbocycles. The van der Waals surface area contributed by atoms with Crippen molar-refractivity contribution in [3.8, 4) is 5.75 Å². The van der Waals surface area contributed by atoms with Crippen LogP contribution in [0.25, 0.3) is 0 Å². The first-order chi connectivity index (χ1) is 10.0. The maximum Gasteiger partial charge on any atom is 0.240 e. The van der Waals surface area contributed by atoms with Crippen LogP contribution in [0.1, 0.15) is 0 Å². The van der Waals surface area contributed by atoms with E-state index in [9.17, 15) is 12.8 Å². The predicted octanol–water partition coefficient (Wildman–Crippen LogP) is 0.0178. The van der Waals surface area contributed by atoms with Crippen LogP contribution in [0, 0.1) is 5.82 Å². The van der Waals surface area contributed by atoms with E-state index >= 15 is 0 Å². The van der Waals surface area contributed by atoms with E-state index in [-0.39, 0.29) is 10.6 Å². The summed E-state index contributed by atoms with van der Waals surface area (Å²) in [6.07, 6.45) is 0. The molecule has 1 fully saturated rings. The van der Waals surface area contributed by atoms with E-state index in [1.54, 1.807) is 0 Å². The van der Waals surface area contributed by atoms with Crippen LogP contribution in [0.2, 0.25) is 0 Å². The van der Waals surface area contributed by atoms with Gasteiger partial charge in [0.15, 0.2) is 11.6 Å². The molecule has 6 nitrogen and oxygen atoms in total. The first kappa shape index (κ1) is 16.2. The molecule has 1 saturated heterocycles. The molecule has 0 spiro atoms. The summed E-state index contributed by atoms with van der Waals surface area (Å²) in [6.45, 7) is 4.63. The van der Waals surface area contributed by atoms with Gasteiger partial charge in [-0.05, 0) is 12.1 Å². The zero-order valence-corrected chi connectivity index (χ0v) is 12.7. The third-order valence-electron chi connectivity index (χ3n) is 3.36. The fourth-order valence-corrected chi connectivity index (χ4v) is 3.20. The van der Waals surface area contributed by atoms with Crippen molar-refractivity contribution in [3.05, 3.63) is 24.0 Å². The molecule has 1 aliphatic rings. The Balaban J connectivity index is 1.94. The van der Waals surface area contributed by atoms with Gasteiger partial charge in [-0.25, -0.2) is 17.5 Å². The average molecular weight is 317 g/mol. The van der Waals surface area contributed by atoms with Gasteiger partial charge in [0, 0.05) is 45.3 Å². The topological polar surface area (TPSA) is 70.7 Å². The van der Waals surface area contributed by atoms with Crippen LogP contribution >= 0.6 is 0 Å². The first-order valence-electron chi connectivity index (χ1n) is 6.79. The van der Waals surface area contributed by atoms with Gasteiger partial charge in [0.05, 0.1) is 12.0 Å². The number of benzene rings is 1. The standard InChI is InChI=1S/C13H20FN3O3S/c1-20-13-10-11(2-3-12(13)14)21(18,19)16-6-9-17-7-4-15-5-8-17/h2-3,10,15-16H,4-9H2,1H3. The molecule has 2 N–H and O–H groups in total. The lowest BCUT2D eigenvalue weighted by Crippen LogP contribution is -2.46. The first-order valence-corrected chi connectivity index (χ1v) is 8.27. The molecule has 0 radical (unpaired) electrons. The maximum atomic E-state index is 13.3. The molecule has 1 aromatic carbocycles. The number of piperazine rings is 1. The number of rotatable bonds is 6. The molecular weight excluding hydrogens is 297 g/mol. The summed E-state index contributed by atoms with van der Waals surface area (Å²) < 4.78 is 44.9. The summed E-state index contributed by atoms with van der Waals surface area (Å²) >= 11 is 0. The molecule has 2 rings (SSSR count). The molecule has 1 aliphatic heterocycles. The molecule has 0 unspecified atom stereocenters. The van der Waals surface area contributed by atoms with Gasteiger partial charge in [0.2, 0.25) is 10.0 Å². The van der Waals surface area contributed by atoms with Crippen molar-refractivity contribution in [1.29, 1.82) is 0 Å². The van der Waals surface area contributed by atoms with Gasteiger partial charge in [-0.2, -0.15) is 0 Å². The van der Waals surface area contributed by atoms with Crippen molar-refractivity contribution in [2.24, 2.45) is 0 Å². The Kier molecular flexibility index (Phi) is 5.51. The molecule has 8 heteroatoms. The molecule has 0 aromatic heterocycles. The van der Waals surface area contributed by atoms with Crippen LogP contribution in [0.3, 0.4) is 0 Å². The minimum Gasteiger partial charge on any atom is -0.494 e. The van der Waals surface area contributed by atoms with E-state index in [1.807, 2.05) is 0 Å². The number of ether oxygens (including phenoxy) is 1. The molecule has 0 amide bonds. The summed E-state index contributed by atoms with van der Waals surface area (Å²) in [6, 6.07) is 3.50. The molecule has 0 atom stereocenters. The van der Waals surface area contributed by atoms with E-state index < -0.39 is 15.8 Å². The number of methoxy groups -OCH3 is 1. The largest absolute Gasteiger partial charge is 0.494 e. The molecular formula is C13H20FN3O3S. The quantitative estimate of drug-likeness (QED) is 0.774. The highest BCUT2D eigenvalue weighted by Gasteiger charge is 2.17. The van der Waals surface area contributed by atoms with Gasteiger partial charge < -0.3 is 10.1 Å². The van der Waals surface area contributed by atoms with Gasteiger partial charge in [-0.1, -0.05) is 0 Å². The maximum absolute atomic E-state index is 13.3. The number of nitrogens with one attached hydrogen (secondary N) is 2. The van der Waals surface area contributed by atoms with E-state index in [0.717, 1.165) is 32.2 Å². The van der Waals surface area contributed by atoms with Crippen molar-refractivity contribution in [3.63, 3.8) is 0 Å². The summed E-state index contributed by atoms with van der Waals surface area (Å²) in [5.41, 5.74) is 0. The molecule has 21 heavy (non-hydrogen) atoms. The van der Waals surface area contributed by atoms with Crippen LogP contribution in [-0.4, -0.2) is 59.7 Å². The second kappa shape index (κ2) is 7.17. The summed E-state index contributed by atoms with van der Waals surface area (Å²) in [5, 5.41) is 3.24. The van der Waals surface area contributed by atoms with Crippen molar-refractivity contribution in [2.45, 2.75) is 4.90 Å². The summed E-state index contributed by atoms with van der Waals surface area (Å²) in [5.74, 6) is -0.669. The van der Waals surface area contributed by atoms with Gasteiger partial charge in [0.25, 0.3) is 0 Å². The van der Waals surface area contributed by atoms with E-state index in [0.29, 0.717) is 13.1 Å². The number of sulfonamides is 1. The van der Waals surface area contributed by atoms with Crippen LogP contribution < -0.4 is 14.8 Å². The van der Waals surface area contributed by atoms with Crippen molar-refractivity contribution >= 4 is 10.0 Å². The van der Waals surface area contributed by atoms with Crippen LogP contribution in [-0.2, 0) is 10.0 Å². The van der Waals surface area contributed by atoms with Crippen molar-refractivity contribution < 1.29 is 17.5 Å². The number of halogens is 1. The minimum absolute atomic E-state index is 0.000982. The lowest BCUT2D eigenvalue weighted by Gasteiger charge is -2.27. The van der Waals surface area contributed by atoms with E-state index in [2.05, 4.69) is 14.9 Å². The average Bonchev–Trinajstić information content (AvgIpc) is 2.48. The highest BCUT2D eigenvalue weighted by molar-refractivity contribution is 7.89. The Morgan fingerprint density at radius 2 is 2.10 bits per heavy atom. The third kappa shape index (κ3) is 4.37. The Morgan fingerprint density at radius 1 is 1.38 bits per heavy atom. The number of hydrogen-bond donors (Lipinski definition) is 2. The van der Waals surface area contributed by atoms with E-state index in [4.69, 9.17) is 4.74 Å². The Bertz CT molecular complexity index is 574. The smallest absolute Gasteiger partial charge is 0.240 e. The number of nitrogens with zero attached hydrogens (tertiary/aromatic N) is 1. The van der Waals surface area contributed by atoms with Gasteiger partial charge in [-0.15, -0.1) is 0 Å². The SMILES string of the molecule is COc1cc(S(=O)(=O)NCCN2CCNCC2)ccc1F. The Labute approximate surface area is 124 Å². The molecule has 118 valence electrons. The molecule has 1 aromatic rings. The molecule has 0 aliphatic carbocycles. The monoisotopic (exact) mass is 317 g/mol. The van der Waals surface area contributed by atoms with Crippen LogP contribution in [0.4, 0.5) is 4.39 Å². The zero-order valence-electron chi connectivity index (χ0n) is 11.9. The van der Waals surface area contributed by atoms with Gasteiger partial charge >= 0.3 is 0 Å². The normalized spacial score (nSPS) is 16.9. The zero-order chi connectivity index (χ0) is 15.3. The molecule has 0 bridgehead atoms. The second-order valence-electron chi connectivity index (χ2n) is 4.79. The summed E-state index contributed by atoms with van der Waals surface area (Å²) in [4.78, 5) is 2.19. The fraction of sp³-hybridized carbons (Fsp3) is 0.538. The van der Waals surface area contributed by atoms with Gasteiger partial charge in [0.1, 0.15) is 0 Å². The van der Waals surface area contributed by atoms with Gasteiger partial charge in [-0.3, -0.25) is 4.90 Å². The highest BCUT2D eigenvalue weighted by atomic mass is 32.2. The summed E-state index contributed by atoms with van der Waals surface area (Å²) in [7, 11) is -2.35. The minimum atomic E-state index is -3.65. The Hall–Kier alpha value is -1.22.